The predicted octanol–water partition coefficient (Wildman–Crippen LogP) is 4.82. The number of unbranched alkanes of at least 4 members (excludes halogenated alkanes) is 7. The van der Waals surface area contributed by atoms with Crippen LogP contribution in [0.4, 0.5) is 0 Å². The molecule has 0 atom stereocenters. The van der Waals surface area contributed by atoms with E-state index in [2.05, 4.69) is 0 Å². The topological polar surface area (TPSA) is 62.5 Å². The van der Waals surface area contributed by atoms with E-state index in [-0.39, 0.29) is 12.3 Å². The smallest absolute Gasteiger partial charge is 0.303 e. The van der Waals surface area contributed by atoms with Gasteiger partial charge in [0.05, 0.1) is 4.91 Å². The average molecular weight is 409 g/mol. The van der Waals surface area contributed by atoms with Crippen molar-refractivity contribution in [2.45, 2.75) is 57.8 Å². The minimum Gasteiger partial charge on any atom is -0.481 e. The minimum atomic E-state index is -0.704. The second-order valence-corrected chi connectivity index (χ2v) is 8.59. The van der Waals surface area contributed by atoms with Crippen molar-refractivity contribution in [3.63, 3.8) is 0 Å². The Labute approximate surface area is 170 Å². The van der Waals surface area contributed by atoms with Crippen molar-refractivity contribution in [3.05, 3.63) is 28.9 Å². The largest absolute Gasteiger partial charge is 0.481 e. The maximum absolute atomic E-state index is 12.5. The van der Waals surface area contributed by atoms with Gasteiger partial charge in [0, 0.05) is 32.4 Å². The fourth-order valence-corrected chi connectivity index (χ4v) is 4.37. The van der Waals surface area contributed by atoms with Gasteiger partial charge in [-0.2, -0.15) is 0 Å². The molecule has 27 heavy (non-hydrogen) atoms. The molecule has 1 aromatic heterocycles. The van der Waals surface area contributed by atoms with Crippen molar-refractivity contribution in [2.24, 2.45) is 7.05 Å². The Balaban J connectivity index is 1.61. The third-order valence-electron chi connectivity index (χ3n) is 4.55. The van der Waals surface area contributed by atoms with E-state index in [4.69, 9.17) is 17.3 Å². The summed E-state index contributed by atoms with van der Waals surface area (Å²) in [7, 11) is 1.96. The number of carboxylic acids is 1. The summed E-state index contributed by atoms with van der Waals surface area (Å²) in [6, 6.07) is 1.98. The lowest BCUT2D eigenvalue weighted by molar-refractivity contribution is -0.137. The summed E-state index contributed by atoms with van der Waals surface area (Å²) in [6.45, 7) is 0.690. The van der Waals surface area contributed by atoms with Gasteiger partial charge in [0.25, 0.3) is 5.91 Å². The van der Waals surface area contributed by atoms with Crippen LogP contribution in [0, 0.1) is 0 Å². The summed E-state index contributed by atoms with van der Waals surface area (Å²) in [6.07, 6.45) is 14.5. The number of thioether (sulfide) groups is 1. The fourth-order valence-electron chi connectivity index (χ4n) is 3.06. The maximum atomic E-state index is 12.5. The van der Waals surface area contributed by atoms with Crippen molar-refractivity contribution in [1.29, 1.82) is 0 Å². The Morgan fingerprint density at radius 3 is 2.37 bits per heavy atom. The van der Waals surface area contributed by atoms with Gasteiger partial charge in [-0.15, -0.1) is 0 Å². The highest BCUT2D eigenvalue weighted by Crippen LogP contribution is 2.32. The molecule has 1 aromatic rings. The number of aryl methyl sites for hydroxylation is 1. The van der Waals surface area contributed by atoms with Crippen LogP contribution in [-0.2, 0) is 16.6 Å². The number of nitrogens with zero attached hydrogens (tertiary/aromatic N) is 2. The number of aliphatic carboxylic acids is 1. The molecule has 0 bridgehead atoms. The monoisotopic (exact) mass is 408 g/mol. The van der Waals surface area contributed by atoms with Crippen molar-refractivity contribution in [1.82, 2.24) is 9.47 Å². The number of carbonyl (C=O) groups excluding carboxylic acids is 1. The summed E-state index contributed by atoms with van der Waals surface area (Å²) < 4.78 is 2.61. The van der Waals surface area contributed by atoms with Gasteiger partial charge in [-0.1, -0.05) is 62.5 Å². The van der Waals surface area contributed by atoms with E-state index in [1.54, 1.807) is 4.90 Å². The van der Waals surface area contributed by atoms with E-state index >= 15 is 0 Å². The van der Waals surface area contributed by atoms with Crippen molar-refractivity contribution < 1.29 is 14.7 Å². The molecule has 5 nitrogen and oxygen atoms in total. The highest BCUT2D eigenvalue weighted by atomic mass is 32.2. The Morgan fingerprint density at radius 2 is 1.78 bits per heavy atom. The molecule has 0 saturated carbocycles. The molecular formula is C20H28N2O3S2. The van der Waals surface area contributed by atoms with Crippen LogP contribution in [0.2, 0.25) is 0 Å². The standard InChI is InChI=1S/C20H28N2O3S2/c1-21-13-11-16(15-21)14-17-19(25)22(20(26)27-17)12-9-7-5-3-2-4-6-8-10-18(23)24/h11,13-15H,2-10,12H2,1H3,(H,23,24)/b17-14+. The summed E-state index contributed by atoms with van der Waals surface area (Å²) >= 11 is 6.76. The van der Waals surface area contributed by atoms with Gasteiger partial charge in [0.15, 0.2) is 0 Å². The van der Waals surface area contributed by atoms with Crippen LogP contribution in [0.5, 0.6) is 0 Å². The van der Waals surface area contributed by atoms with Crippen LogP contribution in [-0.4, -0.2) is 37.3 Å². The highest BCUT2D eigenvalue weighted by molar-refractivity contribution is 8.26. The Hall–Kier alpha value is -1.60. The Kier molecular flexibility index (Phi) is 9.07. The molecule has 7 heteroatoms. The van der Waals surface area contributed by atoms with E-state index in [0.29, 0.717) is 15.8 Å². The third-order valence-corrected chi connectivity index (χ3v) is 5.93. The van der Waals surface area contributed by atoms with Crippen LogP contribution in [0.25, 0.3) is 6.08 Å². The number of thiocarbonyl (C=S) groups is 1. The Bertz CT molecular complexity index is 697. The molecule has 1 aliphatic heterocycles. The SMILES string of the molecule is Cn1ccc(/C=C2/SC(=S)N(CCCCCCCCCCC(=O)O)C2=O)c1. The lowest BCUT2D eigenvalue weighted by Gasteiger charge is -2.14. The quantitative estimate of drug-likeness (QED) is 0.305. The number of aromatic nitrogens is 1. The van der Waals surface area contributed by atoms with E-state index < -0.39 is 5.97 Å². The zero-order valence-electron chi connectivity index (χ0n) is 15.9. The van der Waals surface area contributed by atoms with Gasteiger partial charge < -0.3 is 9.67 Å². The van der Waals surface area contributed by atoms with Crippen molar-refractivity contribution >= 4 is 46.3 Å². The summed E-state index contributed by atoms with van der Waals surface area (Å²) in [4.78, 5) is 25.4. The normalized spacial score (nSPS) is 15.9. The number of rotatable bonds is 12. The average Bonchev–Trinajstić information content (AvgIpc) is 3.13. The van der Waals surface area contributed by atoms with Gasteiger partial charge in [0.1, 0.15) is 4.32 Å². The molecule has 0 radical (unpaired) electrons. The van der Waals surface area contributed by atoms with Gasteiger partial charge in [0.2, 0.25) is 0 Å². The molecule has 148 valence electrons. The molecule has 1 fully saturated rings. The zero-order chi connectivity index (χ0) is 19.6. The molecule has 2 rings (SSSR count). The minimum absolute atomic E-state index is 0.0206. The van der Waals surface area contributed by atoms with Gasteiger partial charge in [-0.25, -0.2) is 0 Å². The second-order valence-electron chi connectivity index (χ2n) is 6.92. The first-order valence-electron chi connectivity index (χ1n) is 9.56. The number of carbonyl (C=O) groups is 2. The lowest BCUT2D eigenvalue weighted by Crippen LogP contribution is -2.29. The van der Waals surface area contributed by atoms with Gasteiger partial charge >= 0.3 is 5.97 Å². The predicted molar refractivity (Wildman–Crippen MR) is 114 cm³/mol. The van der Waals surface area contributed by atoms with Crippen LogP contribution < -0.4 is 0 Å². The van der Waals surface area contributed by atoms with Crippen LogP contribution in [0.15, 0.2) is 23.4 Å². The van der Waals surface area contributed by atoms with E-state index in [1.165, 1.54) is 18.2 Å². The van der Waals surface area contributed by atoms with E-state index in [9.17, 15) is 9.59 Å². The number of carboxylic acid groups (broad SMARTS) is 1. The highest BCUT2D eigenvalue weighted by Gasteiger charge is 2.31. The van der Waals surface area contributed by atoms with Crippen LogP contribution >= 0.6 is 24.0 Å². The first kappa shape index (κ1) is 21.7. The number of hydrogen-bond donors (Lipinski definition) is 1. The second kappa shape index (κ2) is 11.3. The molecule has 0 spiro atoms. The maximum Gasteiger partial charge on any atom is 0.303 e. The number of hydrogen-bond acceptors (Lipinski definition) is 4. The van der Waals surface area contributed by atoms with Gasteiger partial charge in [-0.05, 0) is 30.5 Å². The molecule has 1 aliphatic rings. The summed E-state index contributed by atoms with van der Waals surface area (Å²) in [5.74, 6) is -0.684. The van der Waals surface area contributed by atoms with E-state index in [0.717, 1.165) is 50.5 Å². The summed E-state index contributed by atoms with van der Waals surface area (Å²) in [5, 5.41) is 8.59. The Morgan fingerprint density at radius 1 is 1.15 bits per heavy atom. The molecular weight excluding hydrogens is 380 g/mol. The van der Waals surface area contributed by atoms with E-state index in [1.807, 2.05) is 36.2 Å². The molecule has 1 saturated heterocycles. The molecule has 2 heterocycles. The molecule has 0 aromatic carbocycles. The molecule has 0 unspecified atom stereocenters. The van der Waals surface area contributed by atoms with Crippen molar-refractivity contribution in [3.8, 4) is 0 Å². The fraction of sp³-hybridized carbons (Fsp3) is 0.550. The first-order chi connectivity index (χ1) is 13.0. The summed E-state index contributed by atoms with van der Waals surface area (Å²) in [5.41, 5.74) is 1.02. The van der Waals surface area contributed by atoms with Crippen LogP contribution in [0.3, 0.4) is 0 Å². The number of amides is 1. The first-order valence-corrected chi connectivity index (χ1v) is 10.8. The van der Waals surface area contributed by atoms with Crippen molar-refractivity contribution in [2.75, 3.05) is 6.54 Å². The van der Waals surface area contributed by atoms with Crippen LogP contribution in [0.1, 0.15) is 63.4 Å². The molecule has 0 aliphatic carbocycles. The zero-order valence-corrected chi connectivity index (χ0v) is 17.5. The lowest BCUT2D eigenvalue weighted by atomic mass is 10.1. The molecule has 1 N–H and O–H groups in total. The molecule has 1 amide bonds. The third kappa shape index (κ3) is 7.50. The van der Waals surface area contributed by atoms with Gasteiger partial charge in [-0.3, -0.25) is 14.5 Å².